The second-order valence-corrected chi connectivity index (χ2v) is 23.9. The van der Waals surface area contributed by atoms with Crippen LogP contribution in [0.15, 0.2) is 248 Å². The SMILES string of the molecule is [N-]=[N+]=NCC(COCC(COC(COCc1ccccc1)COCc1ccccc1)COC(COCc1ccccc1)COCc1ccccc1)COCC(COC(COCc1ccccc1)COCc1ccccc1)COC(COCc1ccccc1)COCc1ccccc1. The van der Waals surface area contributed by atoms with Gasteiger partial charge in [0.2, 0.25) is 0 Å². The number of ether oxygens (including phenoxy) is 14. The molecule has 0 unspecified atom stereocenters. The molecule has 0 aromatic heterocycles. The highest BCUT2D eigenvalue weighted by Crippen LogP contribution is 2.17. The zero-order valence-corrected chi connectivity index (χ0v) is 55.9. The van der Waals surface area contributed by atoms with Crippen molar-refractivity contribution in [2.45, 2.75) is 77.3 Å². The molecule has 8 rings (SSSR count). The van der Waals surface area contributed by atoms with Gasteiger partial charge in [-0.25, -0.2) is 0 Å². The molecule has 8 aromatic rings. The van der Waals surface area contributed by atoms with Crippen LogP contribution in [-0.2, 0) is 119 Å². The normalized spacial score (nSPS) is 11.7. The quantitative estimate of drug-likeness (QED) is 0.0200. The highest BCUT2D eigenvalue weighted by molar-refractivity contribution is 5.18. The fourth-order valence-corrected chi connectivity index (χ4v) is 10.1. The fourth-order valence-electron chi connectivity index (χ4n) is 10.1. The smallest absolute Gasteiger partial charge is 0.104 e. The van der Waals surface area contributed by atoms with E-state index in [9.17, 15) is 5.53 Å². The van der Waals surface area contributed by atoms with Crippen LogP contribution < -0.4 is 0 Å². The number of hydrogen-bond donors (Lipinski definition) is 0. The molecule has 0 aliphatic carbocycles. The number of azide groups is 1. The van der Waals surface area contributed by atoms with Gasteiger partial charge in [-0.3, -0.25) is 0 Å². The number of benzene rings is 8. The van der Waals surface area contributed by atoms with Crippen molar-refractivity contribution in [2.75, 3.05) is 112 Å². The van der Waals surface area contributed by atoms with E-state index < -0.39 is 24.4 Å². The molecule has 0 saturated carbocycles. The Bertz CT molecular complexity index is 2640. The summed E-state index contributed by atoms with van der Waals surface area (Å²) < 4.78 is 90.3. The monoisotopic (exact) mass is 1320 g/mol. The van der Waals surface area contributed by atoms with Crippen molar-refractivity contribution < 1.29 is 66.3 Å². The van der Waals surface area contributed by atoms with Crippen LogP contribution in [0.4, 0.5) is 0 Å². The first kappa shape index (κ1) is 75.3. The summed E-state index contributed by atoms with van der Waals surface area (Å²) in [4.78, 5) is 3.15. The van der Waals surface area contributed by atoms with Crippen molar-refractivity contribution in [3.63, 3.8) is 0 Å². The molecule has 97 heavy (non-hydrogen) atoms. The maximum absolute atomic E-state index is 9.67. The van der Waals surface area contributed by atoms with Gasteiger partial charge in [-0.15, -0.1) is 0 Å². The summed E-state index contributed by atoms with van der Waals surface area (Å²) in [5, 5.41) is 4.02. The summed E-state index contributed by atoms with van der Waals surface area (Å²) in [6, 6.07) is 80.4. The third-order valence-electron chi connectivity index (χ3n) is 15.4. The van der Waals surface area contributed by atoms with Crippen LogP contribution in [0.25, 0.3) is 10.4 Å². The lowest BCUT2D eigenvalue weighted by Crippen LogP contribution is -2.34. The Morgan fingerprint density at radius 2 is 0.392 bits per heavy atom. The van der Waals surface area contributed by atoms with Crippen molar-refractivity contribution in [3.8, 4) is 0 Å². The summed E-state index contributed by atoms with van der Waals surface area (Å²) >= 11 is 0. The third-order valence-corrected chi connectivity index (χ3v) is 15.4. The van der Waals surface area contributed by atoms with Crippen molar-refractivity contribution in [1.29, 1.82) is 0 Å². The Labute approximate surface area is 573 Å². The van der Waals surface area contributed by atoms with Gasteiger partial charge in [0.25, 0.3) is 0 Å². The minimum Gasteiger partial charge on any atom is -0.381 e. The van der Waals surface area contributed by atoms with E-state index in [0.29, 0.717) is 106 Å². The molecule has 0 bridgehead atoms. The van der Waals surface area contributed by atoms with Crippen molar-refractivity contribution in [3.05, 3.63) is 298 Å². The summed E-state index contributed by atoms with van der Waals surface area (Å²) in [5.41, 5.74) is 18.1. The average Bonchev–Trinajstić information content (AvgIpc) is 3.63. The van der Waals surface area contributed by atoms with E-state index in [1.54, 1.807) is 0 Å². The van der Waals surface area contributed by atoms with Gasteiger partial charge in [0.15, 0.2) is 0 Å². The highest BCUT2D eigenvalue weighted by Gasteiger charge is 2.23. The van der Waals surface area contributed by atoms with E-state index in [4.69, 9.17) is 66.3 Å². The van der Waals surface area contributed by atoms with Gasteiger partial charge in [-0.1, -0.05) is 248 Å². The minimum absolute atomic E-state index is 0.129. The molecular formula is C80H97N3O14. The van der Waals surface area contributed by atoms with E-state index in [0.717, 1.165) is 44.5 Å². The molecule has 0 aliphatic heterocycles. The molecule has 0 radical (unpaired) electrons. The number of nitrogens with zero attached hydrogens (tertiary/aromatic N) is 3. The summed E-state index contributed by atoms with van der Waals surface area (Å²) in [5.74, 6) is -0.884. The van der Waals surface area contributed by atoms with Crippen LogP contribution in [0.5, 0.6) is 0 Å². The van der Waals surface area contributed by atoms with E-state index in [1.165, 1.54) is 0 Å². The van der Waals surface area contributed by atoms with Crippen LogP contribution in [0.1, 0.15) is 44.5 Å². The lowest BCUT2D eigenvalue weighted by Gasteiger charge is -2.26. The van der Waals surface area contributed by atoms with Gasteiger partial charge in [0.05, 0.1) is 159 Å². The third kappa shape index (κ3) is 33.6. The van der Waals surface area contributed by atoms with E-state index in [2.05, 4.69) is 10.0 Å². The lowest BCUT2D eigenvalue weighted by molar-refractivity contribution is -0.115. The minimum atomic E-state index is -0.418. The molecule has 0 fully saturated rings. The molecule has 0 aliphatic rings. The molecular weight excluding hydrogens is 1230 g/mol. The van der Waals surface area contributed by atoms with Crippen molar-refractivity contribution in [1.82, 2.24) is 0 Å². The van der Waals surface area contributed by atoms with Crippen LogP contribution in [0, 0.1) is 17.8 Å². The fraction of sp³-hybridized carbons (Fsp3) is 0.400. The van der Waals surface area contributed by atoms with E-state index in [-0.39, 0.29) is 77.2 Å². The number of hydrogen-bond acceptors (Lipinski definition) is 15. The van der Waals surface area contributed by atoms with Crippen molar-refractivity contribution >= 4 is 0 Å². The molecule has 17 nitrogen and oxygen atoms in total. The zero-order valence-electron chi connectivity index (χ0n) is 55.9. The van der Waals surface area contributed by atoms with Gasteiger partial charge in [0, 0.05) is 29.2 Å². The van der Waals surface area contributed by atoms with Gasteiger partial charge in [-0.2, -0.15) is 0 Å². The van der Waals surface area contributed by atoms with Gasteiger partial charge < -0.3 is 66.3 Å². The first-order valence-corrected chi connectivity index (χ1v) is 33.6. The van der Waals surface area contributed by atoms with Crippen LogP contribution in [0.3, 0.4) is 0 Å². The van der Waals surface area contributed by atoms with Gasteiger partial charge >= 0.3 is 0 Å². The molecule has 0 heterocycles. The second-order valence-electron chi connectivity index (χ2n) is 23.9. The summed E-state index contributed by atoms with van der Waals surface area (Å²) in [6.07, 6.45) is -1.67. The summed E-state index contributed by atoms with van der Waals surface area (Å²) in [6.45, 7) is 7.70. The van der Waals surface area contributed by atoms with E-state index in [1.807, 2.05) is 243 Å². The predicted octanol–water partition coefficient (Wildman–Crippen LogP) is 14.5. The summed E-state index contributed by atoms with van der Waals surface area (Å²) in [7, 11) is 0. The van der Waals surface area contributed by atoms with E-state index >= 15 is 0 Å². The molecule has 0 atom stereocenters. The zero-order chi connectivity index (χ0) is 66.9. The molecule has 0 N–H and O–H groups in total. The largest absolute Gasteiger partial charge is 0.381 e. The standard InChI is InChI=1S/C80H97N3O14/c81-83-82-41-74(50-84-52-75(54-94-77(58-86-42-66-25-9-1-10-26-66)59-87-43-67-27-11-2-12-28-67)55-95-78(60-88-44-68-29-13-3-14-30-68)61-89-45-69-31-15-4-16-32-69)51-85-53-76(56-96-79(62-90-46-70-33-17-5-18-34-70)63-91-47-71-35-19-6-20-36-71)57-97-80(64-92-48-72-37-21-7-22-38-72)65-93-49-73-39-23-8-24-40-73/h1-40,74-80H,41-65H2. The van der Waals surface area contributed by atoms with Crippen LogP contribution >= 0.6 is 0 Å². The van der Waals surface area contributed by atoms with Gasteiger partial charge in [-0.05, 0) is 50.0 Å². The Morgan fingerprint density at radius 3 is 0.567 bits per heavy atom. The highest BCUT2D eigenvalue weighted by atomic mass is 16.6. The molecule has 0 saturated heterocycles. The maximum atomic E-state index is 9.67. The van der Waals surface area contributed by atoms with Gasteiger partial charge in [0.1, 0.15) is 24.4 Å². The average molecular weight is 1320 g/mol. The predicted molar refractivity (Wildman–Crippen MR) is 374 cm³/mol. The second kappa shape index (κ2) is 48.3. The number of rotatable bonds is 54. The topological polar surface area (TPSA) is 178 Å². The first-order chi connectivity index (χ1) is 48.1. The van der Waals surface area contributed by atoms with Crippen molar-refractivity contribution in [2.24, 2.45) is 22.9 Å². The molecule has 8 aromatic carbocycles. The Balaban J connectivity index is 0.947. The Kier molecular flexibility index (Phi) is 37.5. The maximum Gasteiger partial charge on any atom is 0.104 e. The van der Waals surface area contributed by atoms with Crippen LogP contribution in [0.2, 0.25) is 0 Å². The molecule has 516 valence electrons. The molecule has 0 amide bonds. The Hall–Kier alpha value is -7.49. The first-order valence-electron chi connectivity index (χ1n) is 33.6. The molecule has 17 heteroatoms. The lowest BCUT2D eigenvalue weighted by atomic mass is 10.1. The Morgan fingerprint density at radius 1 is 0.216 bits per heavy atom. The molecule has 0 spiro atoms. The van der Waals surface area contributed by atoms with Crippen LogP contribution in [-0.4, -0.2) is 137 Å².